The van der Waals surface area contributed by atoms with E-state index in [0.29, 0.717) is 0 Å². The molecule has 11 nitrogen and oxygen atoms in total. The van der Waals surface area contributed by atoms with E-state index in [-0.39, 0.29) is 6.61 Å². The Morgan fingerprint density at radius 1 is 1.13 bits per heavy atom. The smallest absolute Gasteiger partial charge is 0.303 e. The van der Waals surface area contributed by atoms with Gasteiger partial charge in [-0.2, -0.15) is 0 Å². The van der Waals surface area contributed by atoms with Crippen molar-refractivity contribution in [3.63, 3.8) is 0 Å². The number of carbonyl (C=O) groups excluding carboxylic acids is 3. The zero-order valence-corrected chi connectivity index (χ0v) is 12.7. The molecule has 5 atom stereocenters. The van der Waals surface area contributed by atoms with Gasteiger partial charge < -0.3 is 24.1 Å². The van der Waals surface area contributed by atoms with Crippen LogP contribution in [0.1, 0.15) is 20.8 Å². The molecule has 0 radical (unpaired) electrons. The first kappa shape index (κ1) is 18.7. The number of ether oxygens (including phenoxy) is 4. The molecule has 1 rings (SSSR count). The Morgan fingerprint density at radius 3 is 2.17 bits per heavy atom. The van der Waals surface area contributed by atoms with Crippen LogP contribution in [-0.2, 0) is 33.3 Å². The van der Waals surface area contributed by atoms with Gasteiger partial charge in [-0.15, -0.1) is 0 Å². The lowest BCUT2D eigenvalue weighted by molar-refractivity contribution is -0.260. The van der Waals surface area contributed by atoms with E-state index in [2.05, 4.69) is 10.0 Å². The van der Waals surface area contributed by atoms with E-state index in [0.717, 1.165) is 20.8 Å². The van der Waals surface area contributed by atoms with Crippen molar-refractivity contribution >= 4 is 17.9 Å². The highest BCUT2D eigenvalue weighted by atomic mass is 16.7. The van der Waals surface area contributed by atoms with Crippen LogP contribution in [0.25, 0.3) is 10.4 Å². The predicted molar refractivity (Wildman–Crippen MR) is 71.6 cm³/mol. The SMILES string of the molecule is CC(=O)OC[C@@H]1O[C@H](O)[C@H](N=[N+]=[N-])[C@H](OC(C)=O)[C@@H]1OC(C)=O. The summed E-state index contributed by atoms with van der Waals surface area (Å²) in [5, 5.41) is 13.2. The van der Waals surface area contributed by atoms with Crippen molar-refractivity contribution in [2.45, 2.75) is 51.4 Å². The number of esters is 3. The zero-order chi connectivity index (χ0) is 17.6. The van der Waals surface area contributed by atoms with Crippen LogP contribution in [0.3, 0.4) is 0 Å². The van der Waals surface area contributed by atoms with E-state index in [1.54, 1.807) is 0 Å². The highest BCUT2D eigenvalue weighted by Gasteiger charge is 2.49. The summed E-state index contributed by atoms with van der Waals surface area (Å²) < 4.78 is 20.0. The second-order valence-electron chi connectivity index (χ2n) is 4.71. The monoisotopic (exact) mass is 331 g/mol. The average molecular weight is 331 g/mol. The van der Waals surface area contributed by atoms with Crippen molar-refractivity contribution in [1.82, 2.24) is 0 Å². The van der Waals surface area contributed by atoms with Crippen LogP contribution in [0.4, 0.5) is 0 Å². The summed E-state index contributed by atoms with van der Waals surface area (Å²) in [5.41, 5.74) is 8.57. The molecule has 23 heavy (non-hydrogen) atoms. The third-order valence-electron chi connectivity index (χ3n) is 2.87. The van der Waals surface area contributed by atoms with E-state index < -0.39 is 48.6 Å². The number of azide groups is 1. The summed E-state index contributed by atoms with van der Waals surface area (Å²) in [5.74, 6) is -2.09. The molecule has 1 saturated heterocycles. The molecule has 0 unspecified atom stereocenters. The molecule has 0 saturated carbocycles. The van der Waals surface area contributed by atoms with E-state index in [9.17, 15) is 19.5 Å². The molecule has 1 fully saturated rings. The second kappa shape index (κ2) is 8.32. The van der Waals surface area contributed by atoms with Gasteiger partial charge in [0.1, 0.15) is 18.8 Å². The fraction of sp³-hybridized carbons (Fsp3) is 0.750. The van der Waals surface area contributed by atoms with Crippen LogP contribution in [0.2, 0.25) is 0 Å². The second-order valence-corrected chi connectivity index (χ2v) is 4.71. The number of carbonyl (C=O) groups is 3. The first-order chi connectivity index (χ1) is 10.8. The van der Waals surface area contributed by atoms with Gasteiger partial charge in [0.05, 0.1) is 0 Å². The number of rotatable bonds is 5. The number of hydrogen-bond acceptors (Lipinski definition) is 9. The molecule has 1 aliphatic rings. The first-order valence-corrected chi connectivity index (χ1v) is 6.61. The largest absolute Gasteiger partial charge is 0.463 e. The minimum atomic E-state index is -1.64. The number of aliphatic hydroxyl groups is 1. The molecule has 11 heteroatoms. The van der Waals surface area contributed by atoms with E-state index in [1.165, 1.54) is 0 Å². The Balaban J connectivity index is 3.11. The summed E-state index contributed by atoms with van der Waals surface area (Å²) >= 11 is 0. The topological polar surface area (TPSA) is 157 Å². The minimum absolute atomic E-state index is 0.356. The van der Waals surface area contributed by atoms with Crippen LogP contribution in [-0.4, -0.2) is 60.3 Å². The molecule has 128 valence electrons. The molecule has 0 aromatic heterocycles. The van der Waals surface area contributed by atoms with Gasteiger partial charge in [0.25, 0.3) is 0 Å². The van der Waals surface area contributed by atoms with Gasteiger partial charge >= 0.3 is 17.9 Å². The summed E-state index contributed by atoms with van der Waals surface area (Å²) in [6, 6.07) is -1.33. The maximum atomic E-state index is 11.3. The van der Waals surface area contributed by atoms with Crippen LogP contribution < -0.4 is 0 Å². The standard InChI is InChI=1S/C12H17N3O8/c1-5(16)20-4-8-10(21-6(2)17)11(22-7(3)18)9(14-15-13)12(19)23-8/h8-12,19H,4H2,1-3H3/t8-,9+,10+,11-,12-/m0/s1. The molecule has 0 aliphatic carbocycles. The maximum absolute atomic E-state index is 11.3. The van der Waals surface area contributed by atoms with Gasteiger partial charge in [-0.1, -0.05) is 5.11 Å². The van der Waals surface area contributed by atoms with E-state index in [4.69, 9.17) is 24.5 Å². The van der Waals surface area contributed by atoms with E-state index in [1.807, 2.05) is 0 Å². The Labute approximate surface area is 131 Å². The molecule has 0 spiro atoms. The molecule has 1 heterocycles. The Kier molecular flexibility index (Phi) is 6.76. The number of nitrogens with zero attached hydrogens (tertiary/aromatic N) is 3. The zero-order valence-electron chi connectivity index (χ0n) is 12.7. The molecule has 0 bridgehead atoms. The molecule has 1 aliphatic heterocycles. The minimum Gasteiger partial charge on any atom is -0.463 e. The van der Waals surface area contributed by atoms with Crippen LogP contribution in [0, 0.1) is 0 Å². The van der Waals surface area contributed by atoms with Crippen molar-refractivity contribution in [2.24, 2.45) is 5.11 Å². The van der Waals surface area contributed by atoms with Crippen molar-refractivity contribution < 1.29 is 38.4 Å². The quantitative estimate of drug-likeness (QED) is 0.239. The fourth-order valence-electron chi connectivity index (χ4n) is 2.08. The van der Waals surface area contributed by atoms with Gasteiger partial charge in [0.2, 0.25) is 0 Å². The summed E-state index contributed by atoms with van der Waals surface area (Å²) in [6.07, 6.45) is -5.26. The van der Waals surface area contributed by atoms with Gasteiger partial charge in [-0.3, -0.25) is 14.4 Å². The van der Waals surface area contributed by atoms with Crippen molar-refractivity contribution in [1.29, 1.82) is 0 Å². The number of aliphatic hydroxyl groups excluding tert-OH is 1. The van der Waals surface area contributed by atoms with E-state index >= 15 is 0 Å². The average Bonchev–Trinajstić information content (AvgIpc) is 2.42. The highest BCUT2D eigenvalue weighted by Crippen LogP contribution is 2.28. The van der Waals surface area contributed by atoms with Gasteiger partial charge in [0, 0.05) is 25.7 Å². The normalized spacial score (nSPS) is 29.8. The predicted octanol–water partition coefficient (Wildman–Crippen LogP) is -0.191. The van der Waals surface area contributed by atoms with Crippen LogP contribution in [0.15, 0.2) is 5.11 Å². The molecule has 0 amide bonds. The maximum Gasteiger partial charge on any atom is 0.303 e. The molecule has 0 aromatic carbocycles. The summed E-state index contributed by atoms with van der Waals surface area (Å²) in [6.45, 7) is 3.01. The third-order valence-corrected chi connectivity index (χ3v) is 2.87. The van der Waals surface area contributed by atoms with Crippen LogP contribution in [0.5, 0.6) is 0 Å². The molecular formula is C12H17N3O8. The highest BCUT2D eigenvalue weighted by molar-refractivity contribution is 5.67. The Hall–Kier alpha value is -2.36. The molecule has 1 N–H and O–H groups in total. The lowest BCUT2D eigenvalue weighted by Gasteiger charge is -2.41. The van der Waals surface area contributed by atoms with Crippen molar-refractivity contribution in [3.8, 4) is 0 Å². The van der Waals surface area contributed by atoms with Gasteiger partial charge in [0.15, 0.2) is 18.5 Å². The van der Waals surface area contributed by atoms with Crippen LogP contribution >= 0.6 is 0 Å². The Bertz CT molecular complexity index is 518. The summed E-state index contributed by atoms with van der Waals surface area (Å²) in [7, 11) is 0. The lowest BCUT2D eigenvalue weighted by atomic mass is 9.97. The Morgan fingerprint density at radius 2 is 1.70 bits per heavy atom. The molecular weight excluding hydrogens is 314 g/mol. The fourth-order valence-corrected chi connectivity index (χ4v) is 2.08. The van der Waals surface area contributed by atoms with Gasteiger partial charge in [-0.25, -0.2) is 0 Å². The third kappa shape index (κ3) is 5.40. The van der Waals surface area contributed by atoms with Crippen molar-refractivity contribution in [2.75, 3.05) is 6.61 Å². The first-order valence-electron chi connectivity index (χ1n) is 6.61. The van der Waals surface area contributed by atoms with Crippen molar-refractivity contribution in [3.05, 3.63) is 10.4 Å². The summed E-state index contributed by atoms with van der Waals surface area (Å²) in [4.78, 5) is 36.0. The number of hydrogen-bond donors (Lipinski definition) is 1. The lowest BCUT2D eigenvalue weighted by Crippen LogP contribution is -2.60. The van der Waals surface area contributed by atoms with Gasteiger partial charge in [-0.05, 0) is 5.53 Å². The molecule has 0 aromatic rings.